The van der Waals surface area contributed by atoms with Gasteiger partial charge in [0.1, 0.15) is 0 Å². The lowest BCUT2D eigenvalue weighted by molar-refractivity contribution is -0.138. The second kappa shape index (κ2) is 5.52. The molecular weight excluding hydrogens is 277 g/mol. The molecule has 0 amide bonds. The van der Waals surface area contributed by atoms with Crippen molar-refractivity contribution in [2.24, 2.45) is 0 Å². The van der Waals surface area contributed by atoms with Crippen LogP contribution >= 0.6 is 0 Å². The van der Waals surface area contributed by atoms with Gasteiger partial charge in [-0.3, -0.25) is 4.90 Å². The number of aryl methyl sites for hydroxylation is 1. The summed E-state index contributed by atoms with van der Waals surface area (Å²) in [6.45, 7) is 3.69. The van der Waals surface area contributed by atoms with Crippen molar-refractivity contribution in [3.8, 4) is 0 Å². The summed E-state index contributed by atoms with van der Waals surface area (Å²) < 4.78 is 38.9. The summed E-state index contributed by atoms with van der Waals surface area (Å²) in [6.07, 6.45) is 0.344. The summed E-state index contributed by atoms with van der Waals surface area (Å²) in [7, 11) is 0. The lowest BCUT2D eigenvalue weighted by Gasteiger charge is -2.33. The Bertz CT molecular complexity index is 513. The van der Waals surface area contributed by atoms with Crippen LogP contribution in [0.5, 0.6) is 0 Å². The number of benzene rings is 1. The van der Waals surface area contributed by atoms with E-state index in [1.165, 1.54) is 25.8 Å². The Balaban J connectivity index is 1.76. The summed E-state index contributed by atoms with van der Waals surface area (Å²) in [4.78, 5) is 2.47. The van der Waals surface area contributed by atoms with Crippen LogP contribution < -0.4 is 5.32 Å². The Morgan fingerprint density at radius 2 is 1.95 bits per heavy atom. The zero-order valence-corrected chi connectivity index (χ0v) is 12.2. The van der Waals surface area contributed by atoms with Gasteiger partial charge < -0.3 is 5.32 Å². The van der Waals surface area contributed by atoms with Crippen molar-refractivity contribution in [3.05, 3.63) is 29.3 Å². The van der Waals surface area contributed by atoms with Gasteiger partial charge in [0.25, 0.3) is 0 Å². The van der Waals surface area contributed by atoms with Crippen LogP contribution in [0, 0.1) is 6.92 Å². The summed E-state index contributed by atoms with van der Waals surface area (Å²) in [5, 5.41) is 3.34. The van der Waals surface area contributed by atoms with E-state index >= 15 is 0 Å². The van der Waals surface area contributed by atoms with E-state index in [4.69, 9.17) is 0 Å². The second-order valence-corrected chi connectivity index (χ2v) is 6.17. The molecule has 3 rings (SSSR count). The van der Waals surface area contributed by atoms with Gasteiger partial charge in [-0.05, 0) is 50.4 Å². The molecule has 2 atom stereocenters. The summed E-state index contributed by atoms with van der Waals surface area (Å²) in [5.41, 5.74) is 0.329. The Labute approximate surface area is 123 Å². The van der Waals surface area contributed by atoms with Crippen LogP contribution in [0.1, 0.15) is 36.8 Å². The molecule has 5 heteroatoms. The largest absolute Gasteiger partial charge is 0.416 e. The van der Waals surface area contributed by atoms with Crippen LogP contribution in [0.3, 0.4) is 0 Å². The molecule has 2 aliphatic heterocycles. The van der Waals surface area contributed by atoms with Crippen molar-refractivity contribution >= 4 is 5.69 Å². The number of halogens is 3. The van der Waals surface area contributed by atoms with Crippen LogP contribution in [0.2, 0.25) is 0 Å². The zero-order chi connectivity index (χ0) is 15.0. The average molecular weight is 298 g/mol. The highest BCUT2D eigenvalue weighted by atomic mass is 19.4. The minimum atomic E-state index is -4.28. The fraction of sp³-hybridized carbons (Fsp3) is 0.625. The number of hydrogen-bond donors (Lipinski definition) is 1. The van der Waals surface area contributed by atoms with Gasteiger partial charge in [-0.2, -0.15) is 13.2 Å². The van der Waals surface area contributed by atoms with E-state index in [0.717, 1.165) is 25.9 Å². The molecule has 0 aromatic heterocycles. The van der Waals surface area contributed by atoms with Crippen LogP contribution in [0.4, 0.5) is 18.9 Å². The van der Waals surface area contributed by atoms with Crippen molar-refractivity contribution in [1.29, 1.82) is 0 Å². The number of fused-ring (bicyclic) bond motifs is 1. The highest BCUT2D eigenvalue weighted by molar-refractivity contribution is 5.50. The van der Waals surface area contributed by atoms with Gasteiger partial charge in [-0.15, -0.1) is 0 Å². The highest BCUT2D eigenvalue weighted by Crippen LogP contribution is 2.35. The number of nitrogens with one attached hydrogen (secondary N) is 1. The average Bonchev–Trinajstić information content (AvgIpc) is 2.83. The molecule has 2 nitrogen and oxygen atoms in total. The van der Waals surface area contributed by atoms with Crippen LogP contribution in [-0.2, 0) is 6.18 Å². The number of nitrogens with zero attached hydrogens (tertiary/aromatic N) is 1. The van der Waals surface area contributed by atoms with Crippen LogP contribution in [0.15, 0.2) is 18.2 Å². The summed E-state index contributed by atoms with van der Waals surface area (Å²) >= 11 is 0. The predicted octanol–water partition coefficient (Wildman–Crippen LogP) is 4.05. The second-order valence-electron chi connectivity index (χ2n) is 6.17. The molecule has 2 heterocycles. The van der Waals surface area contributed by atoms with E-state index in [1.807, 2.05) is 0 Å². The number of rotatable bonds is 2. The van der Waals surface area contributed by atoms with Gasteiger partial charge in [0.15, 0.2) is 0 Å². The number of hydrogen-bond acceptors (Lipinski definition) is 2. The molecule has 1 aromatic rings. The molecule has 2 unspecified atom stereocenters. The van der Waals surface area contributed by atoms with Gasteiger partial charge in [-0.1, -0.05) is 12.5 Å². The first-order valence-corrected chi connectivity index (χ1v) is 7.63. The van der Waals surface area contributed by atoms with Gasteiger partial charge in [0.05, 0.1) is 5.56 Å². The maximum atomic E-state index is 13.0. The fourth-order valence-corrected chi connectivity index (χ4v) is 3.65. The van der Waals surface area contributed by atoms with Gasteiger partial charge >= 0.3 is 6.18 Å². The summed E-state index contributed by atoms with van der Waals surface area (Å²) in [5.74, 6) is 0. The molecule has 2 aliphatic rings. The molecule has 0 radical (unpaired) electrons. The Hall–Kier alpha value is -1.23. The third kappa shape index (κ3) is 3.03. The van der Waals surface area contributed by atoms with E-state index in [2.05, 4.69) is 10.2 Å². The topological polar surface area (TPSA) is 15.3 Å². The number of alkyl halides is 3. The van der Waals surface area contributed by atoms with Crippen molar-refractivity contribution < 1.29 is 13.2 Å². The molecule has 0 spiro atoms. The molecule has 2 fully saturated rings. The smallest absolute Gasteiger partial charge is 0.381 e. The Kier molecular flexibility index (Phi) is 3.86. The third-order valence-electron chi connectivity index (χ3n) is 4.75. The normalized spacial score (nSPS) is 26.7. The monoisotopic (exact) mass is 298 g/mol. The molecule has 116 valence electrons. The Morgan fingerprint density at radius 3 is 2.71 bits per heavy atom. The lowest BCUT2D eigenvalue weighted by Crippen LogP contribution is -2.41. The zero-order valence-electron chi connectivity index (χ0n) is 12.2. The lowest BCUT2D eigenvalue weighted by atomic mass is 9.98. The number of anilines is 1. The minimum Gasteiger partial charge on any atom is -0.381 e. The first-order chi connectivity index (χ1) is 9.95. The first kappa shape index (κ1) is 14.7. The Morgan fingerprint density at radius 1 is 1.14 bits per heavy atom. The summed E-state index contributed by atoms with van der Waals surface area (Å²) in [6, 6.07) is 5.32. The molecule has 0 aliphatic carbocycles. The maximum absolute atomic E-state index is 13.0. The van der Waals surface area contributed by atoms with Crippen molar-refractivity contribution in [2.75, 3.05) is 18.4 Å². The van der Waals surface area contributed by atoms with Gasteiger partial charge in [-0.25, -0.2) is 0 Å². The third-order valence-corrected chi connectivity index (χ3v) is 4.75. The van der Waals surface area contributed by atoms with Crippen molar-refractivity contribution in [3.63, 3.8) is 0 Å². The predicted molar refractivity (Wildman–Crippen MR) is 77.4 cm³/mol. The molecular formula is C16H21F3N2. The quantitative estimate of drug-likeness (QED) is 0.886. The van der Waals surface area contributed by atoms with Gasteiger partial charge in [0.2, 0.25) is 0 Å². The van der Waals surface area contributed by atoms with E-state index in [0.29, 0.717) is 11.7 Å². The number of piperidine rings is 1. The fourth-order valence-electron chi connectivity index (χ4n) is 3.65. The highest BCUT2D eigenvalue weighted by Gasteiger charge is 2.36. The van der Waals surface area contributed by atoms with Crippen molar-refractivity contribution in [2.45, 2.75) is 50.9 Å². The van der Waals surface area contributed by atoms with Crippen LogP contribution in [0.25, 0.3) is 0 Å². The van der Waals surface area contributed by atoms with Crippen LogP contribution in [-0.4, -0.2) is 30.1 Å². The molecule has 1 aromatic carbocycles. The SMILES string of the molecule is Cc1ccc(NC2CCN3CCCCC23)cc1C(F)(F)F. The van der Waals surface area contributed by atoms with E-state index in [9.17, 15) is 13.2 Å². The molecule has 2 saturated heterocycles. The first-order valence-electron chi connectivity index (χ1n) is 7.63. The van der Waals surface area contributed by atoms with E-state index in [1.54, 1.807) is 12.1 Å². The molecule has 0 bridgehead atoms. The maximum Gasteiger partial charge on any atom is 0.416 e. The molecule has 1 N–H and O–H groups in total. The van der Waals surface area contributed by atoms with Gasteiger partial charge in [0, 0.05) is 24.3 Å². The van der Waals surface area contributed by atoms with E-state index in [-0.39, 0.29) is 11.6 Å². The van der Waals surface area contributed by atoms with Crippen molar-refractivity contribution in [1.82, 2.24) is 4.90 Å². The standard InChI is InChI=1S/C16H21F3N2/c1-11-5-6-12(10-13(11)16(17,18)19)20-14-7-9-21-8-3-2-4-15(14)21/h5-6,10,14-15,20H,2-4,7-9H2,1H3. The minimum absolute atomic E-state index is 0.272. The molecule has 21 heavy (non-hydrogen) atoms. The molecule has 0 saturated carbocycles. The van der Waals surface area contributed by atoms with E-state index < -0.39 is 11.7 Å².